The maximum Gasteiger partial charge on any atom is 0.296 e. The van der Waals surface area contributed by atoms with Crippen LogP contribution >= 0.6 is 0 Å². The summed E-state index contributed by atoms with van der Waals surface area (Å²) < 4.78 is 29.6. The van der Waals surface area contributed by atoms with E-state index in [2.05, 4.69) is 0 Å². The van der Waals surface area contributed by atoms with Gasteiger partial charge in [-0.1, -0.05) is 12.1 Å². The molecule has 0 unspecified atom stereocenters. The summed E-state index contributed by atoms with van der Waals surface area (Å²) in [7, 11) is -4.16. The third-order valence-corrected chi connectivity index (χ3v) is 2.12. The van der Waals surface area contributed by atoms with Crippen LogP contribution in [-0.4, -0.2) is 49.3 Å². The molecule has 0 aromatic heterocycles. The molecule has 7 heteroatoms. The first-order valence-electron chi connectivity index (χ1n) is 3.12. The van der Waals surface area contributed by atoms with Gasteiger partial charge in [-0.05, 0) is 12.1 Å². The minimum absolute atomic E-state index is 0. The van der Waals surface area contributed by atoms with E-state index in [0.717, 1.165) is 0 Å². The van der Waals surface area contributed by atoms with Crippen molar-refractivity contribution in [3.63, 3.8) is 0 Å². The van der Waals surface area contributed by atoms with E-state index >= 15 is 0 Å². The number of hydrogen-bond donors (Lipinski definition) is 2. The Kier molecular flexibility index (Phi) is 7.98. The molecule has 1 aromatic rings. The molecule has 0 saturated carbocycles. The van der Waals surface area contributed by atoms with Gasteiger partial charge in [0.1, 0.15) is 11.7 Å². The van der Waals surface area contributed by atoms with Crippen LogP contribution in [0.15, 0.2) is 29.2 Å². The van der Waals surface area contributed by atoms with Crippen LogP contribution in [-0.2, 0) is 14.9 Å². The first-order chi connectivity index (χ1) is 6.02. The minimum Gasteiger partial charge on any atom is -0.398 e. The number of hydrogen-bond acceptors (Lipinski definition) is 4. The molecule has 14 heavy (non-hydrogen) atoms. The van der Waals surface area contributed by atoms with Crippen molar-refractivity contribution in [3.05, 3.63) is 24.3 Å². The summed E-state index contributed by atoms with van der Waals surface area (Å²) in [4.78, 5) is 7.75. The number of nitrogens with two attached hydrogens (primary N) is 1. The molecule has 1 rings (SSSR count). The van der Waals surface area contributed by atoms with Crippen LogP contribution in [0.3, 0.4) is 0 Å². The van der Waals surface area contributed by atoms with Gasteiger partial charge in [0.05, 0.1) is 5.69 Å². The molecule has 0 atom stereocenters. The first-order valence-corrected chi connectivity index (χ1v) is 4.56. The molecular formula is C7H9NNaO4S. The van der Waals surface area contributed by atoms with Gasteiger partial charge in [-0.3, -0.25) is 4.55 Å². The third-order valence-electron chi connectivity index (χ3n) is 1.20. The van der Waals surface area contributed by atoms with Gasteiger partial charge in [0.15, 0.2) is 0 Å². The fraction of sp³-hybridized carbons (Fsp3) is 0. The zero-order valence-corrected chi connectivity index (χ0v) is 10.5. The number of para-hydroxylation sites is 1. The van der Waals surface area contributed by atoms with Crippen molar-refractivity contribution >= 4 is 52.2 Å². The standard InChI is InChI=1S/C6H7NO3S.CH2O.Na/c7-5-3-1-2-4-6(5)11(8,9)10;1-2;/h1-4H,7H2,(H,8,9,10);1H2;. The predicted molar refractivity (Wildman–Crippen MR) is 53.5 cm³/mol. The Bertz CT molecular complexity index is 379. The molecule has 0 saturated heterocycles. The summed E-state index contributed by atoms with van der Waals surface area (Å²) in [6, 6.07) is 5.72. The van der Waals surface area contributed by atoms with Crippen molar-refractivity contribution in [2.45, 2.75) is 4.90 Å². The maximum absolute atomic E-state index is 10.5. The van der Waals surface area contributed by atoms with Crippen molar-refractivity contribution in [2.75, 3.05) is 5.73 Å². The Balaban J connectivity index is 0. The fourth-order valence-electron chi connectivity index (χ4n) is 0.715. The van der Waals surface area contributed by atoms with E-state index in [4.69, 9.17) is 15.1 Å². The summed E-state index contributed by atoms with van der Waals surface area (Å²) >= 11 is 0. The molecule has 3 N–H and O–H groups in total. The smallest absolute Gasteiger partial charge is 0.296 e. The second kappa shape index (κ2) is 6.97. The predicted octanol–water partition coefficient (Wildman–Crippen LogP) is -0.0502. The molecular weight excluding hydrogens is 217 g/mol. The SMILES string of the molecule is C=O.Nc1ccccc1S(=O)(=O)O.[Na]. The van der Waals surface area contributed by atoms with Crippen LogP contribution in [0.25, 0.3) is 0 Å². The van der Waals surface area contributed by atoms with Gasteiger partial charge >= 0.3 is 0 Å². The second-order valence-electron chi connectivity index (χ2n) is 2.01. The Morgan fingerprint density at radius 1 is 1.21 bits per heavy atom. The topological polar surface area (TPSA) is 97.5 Å². The van der Waals surface area contributed by atoms with Crippen molar-refractivity contribution in [3.8, 4) is 0 Å². The second-order valence-corrected chi connectivity index (χ2v) is 3.40. The van der Waals surface area contributed by atoms with E-state index in [1.807, 2.05) is 6.79 Å². The van der Waals surface area contributed by atoms with E-state index in [9.17, 15) is 8.42 Å². The van der Waals surface area contributed by atoms with E-state index in [1.54, 1.807) is 6.07 Å². The van der Waals surface area contributed by atoms with Crippen LogP contribution in [0, 0.1) is 0 Å². The molecule has 0 aliphatic rings. The average molecular weight is 226 g/mol. The monoisotopic (exact) mass is 226 g/mol. The van der Waals surface area contributed by atoms with Gasteiger partial charge in [0.25, 0.3) is 10.1 Å². The molecule has 0 aliphatic heterocycles. The normalized spacial score (nSPS) is 9.21. The Hall–Kier alpha value is -0.400. The van der Waals surface area contributed by atoms with Crippen molar-refractivity contribution in [1.82, 2.24) is 0 Å². The van der Waals surface area contributed by atoms with Crippen molar-refractivity contribution in [1.29, 1.82) is 0 Å². The van der Waals surface area contributed by atoms with Crippen LogP contribution in [0.2, 0.25) is 0 Å². The summed E-state index contributed by atoms with van der Waals surface area (Å²) in [5.74, 6) is 0. The number of carbonyl (C=O) groups is 1. The van der Waals surface area contributed by atoms with Gasteiger partial charge in [-0.25, -0.2) is 0 Å². The summed E-state index contributed by atoms with van der Waals surface area (Å²) in [6.07, 6.45) is 0. The van der Waals surface area contributed by atoms with Crippen molar-refractivity contribution < 1.29 is 17.8 Å². The van der Waals surface area contributed by atoms with Crippen LogP contribution in [0.5, 0.6) is 0 Å². The Morgan fingerprint density at radius 2 is 1.64 bits per heavy atom. The van der Waals surface area contributed by atoms with E-state index in [1.165, 1.54) is 18.2 Å². The maximum atomic E-state index is 10.5. The van der Waals surface area contributed by atoms with E-state index in [0.29, 0.717) is 0 Å². The molecule has 0 bridgehead atoms. The van der Waals surface area contributed by atoms with Gasteiger partial charge in [-0.2, -0.15) is 8.42 Å². The average Bonchev–Trinajstić information content (AvgIpc) is 2.07. The molecule has 0 heterocycles. The zero-order valence-electron chi connectivity index (χ0n) is 7.67. The van der Waals surface area contributed by atoms with E-state index in [-0.39, 0.29) is 40.1 Å². The van der Waals surface area contributed by atoms with Crippen molar-refractivity contribution in [2.24, 2.45) is 0 Å². The molecule has 0 amide bonds. The number of anilines is 1. The van der Waals surface area contributed by atoms with Crippen LogP contribution in [0.1, 0.15) is 0 Å². The molecule has 5 nitrogen and oxygen atoms in total. The minimum atomic E-state index is -4.16. The zero-order chi connectivity index (χ0) is 10.5. The van der Waals surface area contributed by atoms with Crippen LogP contribution in [0.4, 0.5) is 5.69 Å². The third kappa shape index (κ3) is 4.73. The van der Waals surface area contributed by atoms with E-state index < -0.39 is 10.1 Å². The summed E-state index contributed by atoms with van der Waals surface area (Å²) in [6.45, 7) is 2.00. The molecule has 1 aromatic carbocycles. The first kappa shape index (κ1) is 16.0. The quantitative estimate of drug-likeness (QED) is 0.397. The number of rotatable bonds is 1. The molecule has 0 aliphatic carbocycles. The van der Waals surface area contributed by atoms with Gasteiger partial charge in [0.2, 0.25) is 0 Å². The van der Waals surface area contributed by atoms with Gasteiger partial charge in [-0.15, -0.1) is 0 Å². The summed E-state index contributed by atoms with van der Waals surface area (Å²) in [5.41, 5.74) is 5.32. The summed E-state index contributed by atoms with van der Waals surface area (Å²) in [5, 5.41) is 0. The largest absolute Gasteiger partial charge is 0.398 e. The molecule has 0 fully saturated rings. The number of benzene rings is 1. The molecule has 0 spiro atoms. The van der Waals surface area contributed by atoms with Crippen LogP contribution < -0.4 is 5.73 Å². The number of carbonyl (C=O) groups excluding carboxylic acids is 1. The Morgan fingerprint density at radius 3 is 1.93 bits per heavy atom. The molecule has 73 valence electrons. The Labute approximate surface area is 104 Å². The molecule has 1 radical (unpaired) electrons. The number of nitrogen functional groups attached to an aromatic ring is 1. The fourth-order valence-corrected chi connectivity index (χ4v) is 1.33. The van der Waals surface area contributed by atoms with Gasteiger partial charge in [0, 0.05) is 29.6 Å². The van der Waals surface area contributed by atoms with Gasteiger partial charge < -0.3 is 10.5 Å².